The third-order valence-electron chi connectivity index (χ3n) is 5.31. The van der Waals surface area contributed by atoms with Gasteiger partial charge in [0.2, 0.25) is 5.91 Å². The Morgan fingerprint density at radius 2 is 1.88 bits per heavy atom. The molecule has 6 nitrogen and oxygen atoms in total. The topological polar surface area (TPSA) is 76.1 Å². The Bertz CT molecular complexity index is 684. The van der Waals surface area contributed by atoms with E-state index in [2.05, 4.69) is 0 Å². The Morgan fingerprint density at radius 1 is 1.20 bits per heavy atom. The van der Waals surface area contributed by atoms with Crippen LogP contribution in [0.5, 0.6) is 11.5 Å². The minimum atomic E-state index is -0.773. The number of piperidine rings is 1. The molecule has 1 amide bonds. The van der Waals surface area contributed by atoms with Crippen LogP contribution in [-0.4, -0.2) is 48.2 Å². The molecule has 1 aromatic carbocycles. The molecule has 1 fully saturated rings. The average Bonchev–Trinajstić information content (AvgIpc) is 2.60. The van der Waals surface area contributed by atoms with Gasteiger partial charge in [-0.15, -0.1) is 0 Å². The predicted octanol–water partition coefficient (Wildman–Crippen LogP) is 2.30. The van der Waals surface area contributed by atoms with Gasteiger partial charge < -0.3 is 19.5 Å². The zero-order valence-electron chi connectivity index (χ0n) is 14.9. The Balaban J connectivity index is 1.78. The van der Waals surface area contributed by atoms with Crippen LogP contribution in [0.4, 0.5) is 0 Å². The molecule has 0 radical (unpaired) electrons. The molecule has 1 N–H and O–H groups in total. The lowest BCUT2D eigenvalue weighted by Crippen LogP contribution is -2.50. The van der Waals surface area contributed by atoms with Gasteiger partial charge >= 0.3 is 5.97 Å². The van der Waals surface area contributed by atoms with Crippen molar-refractivity contribution in [3.8, 4) is 11.5 Å². The molecule has 0 aromatic heterocycles. The molecule has 1 aromatic rings. The molecule has 0 aliphatic carbocycles. The van der Waals surface area contributed by atoms with Gasteiger partial charge in [-0.05, 0) is 43.9 Å². The summed E-state index contributed by atoms with van der Waals surface area (Å²) >= 11 is 0. The first kappa shape index (κ1) is 17.6. The molecular formula is C19H25NO5. The van der Waals surface area contributed by atoms with Crippen molar-refractivity contribution < 1.29 is 24.2 Å². The summed E-state index contributed by atoms with van der Waals surface area (Å²) < 4.78 is 11.2. The quantitative estimate of drug-likeness (QED) is 0.908. The minimum absolute atomic E-state index is 0.0138. The molecule has 0 spiro atoms. The number of aliphatic carboxylic acids is 1. The van der Waals surface area contributed by atoms with E-state index in [1.54, 1.807) is 4.90 Å². The number of hydrogen-bond acceptors (Lipinski definition) is 4. The van der Waals surface area contributed by atoms with E-state index in [9.17, 15) is 14.7 Å². The number of likely N-dealkylation sites (tertiary alicyclic amines) is 1. The summed E-state index contributed by atoms with van der Waals surface area (Å²) in [6.45, 7) is 7.69. The molecule has 2 aliphatic rings. The van der Waals surface area contributed by atoms with Crippen molar-refractivity contribution in [1.29, 1.82) is 0 Å². The molecule has 0 bridgehead atoms. The number of carboxylic acids is 1. The first-order valence-corrected chi connectivity index (χ1v) is 8.73. The lowest BCUT2D eigenvalue weighted by molar-refractivity contribution is -0.149. The lowest BCUT2D eigenvalue weighted by atomic mass is 9.80. The van der Waals surface area contributed by atoms with Crippen LogP contribution in [0.3, 0.4) is 0 Å². The largest absolute Gasteiger partial charge is 0.486 e. The van der Waals surface area contributed by atoms with Gasteiger partial charge in [-0.2, -0.15) is 0 Å². The average molecular weight is 347 g/mol. The van der Waals surface area contributed by atoms with Gasteiger partial charge in [0.1, 0.15) is 13.2 Å². The van der Waals surface area contributed by atoms with Crippen LogP contribution in [0, 0.1) is 11.8 Å². The van der Waals surface area contributed by atoms with Crippen LogP contribution in [0.1, 0.15) is 32.8 Å². The van der Waals surface area contributed by atoms with Gasteiger partial charge in [-0.25, -0.2) is 0 Å². The third kappa shape index (κ3) is 3.30. The van der Waals surface area contributed by atoms with E-state index in [0.29, 0.717) is 44.2 Å². The Kier molecular flexibility index (Phi) is 4.62. The van der Waals surface area contributed by atoms with Crippen molar-refractivity contribution in [1.82, 2.24) is 4.90 Å². The fraction of sp³-hybridized carbons (Fsp3) is 0.579. The van der Waals surface area contributed by atoms with Crippen molar-refractivity contribution in [2.45, 2.75) is 32.6 Å². The predicted molar refractivity (Wildman–Crippen MR) is 91.9 cm³/mol. The highest BCUT2D eigenvalue weighted by atomic mass is 16.6. The van der Waals surface area contributed by atoms with Gasteiger partial charge in [-0.3, -0.25) is 9.59 Å². The summed E-state index contributed by atoms with van der Waals surface area (Å²) in [4.78, 5) is 26.2. The van der Waals surface area contributed by atoms with Gasteiger partial charge in [0.25, 0.3) is 0 Å². The van der Waals surface area contributed by atoms with Crippen molar-refractivity contribution in [3.63, 3.8) is 0 Å². The van der Waals surface area contributed by atoms with E-state index in [0.717, 1.165) is 5.56 Å². The van der Waals surface area contributed by atoms with Crippen molar-refractivity contribution >= 4 is 11.9 Å². The normalized spacial score (nSPS) is 23.2. The zero-order valence-corrected chi connectivity index (χ0v) is 14.9. The van der Waals surface area contributed by atoms with Gasteiger partial charge in [0.05, 0.1) is 11.3 Å². The molecule has 3 rings (SSSR count). The van der Waals surface area contributed by atoms with E-state index >= 15 is 0 Å². The monoisotopic (exact) mass is 347 g/mol. The number of amides is 1. The Labute approximate surface area is 147 Å². The van der Waals surface area contributed by atoms with E-state index in [4.69, 9.17) is 9.47 Å². The summed E-state index contributed by atoms with van der Waals surface area (Å²) in [5.41, 5.74) is 0.153. The fourth-order valence-corrected chi connectivity index (χ4v) is 3.65. The number of carbonyl (C=O) groups is 2. The molecule has 2 unspecified atom stereocenters. The van der Waals surface area contributed by atoms with Crippen LogP contribution >= 0.6 is 0 Å². The standard InChI is InChI=1S/C19H25NO5/c1-12-11-20(7-6-14(12)17(21)22)18(23)19(2,3)13-4-5-15-16(10-13)25-9-8-24-15/h4-5,10,12,14H,6-9,11H2,1-3H3,(H,21,22). The number of nitrogens with zero attached hydrogens (tertiary/aromatic N) is 1. The van der Waals surface area contributed by atoms with E-state index in [1.165, 1.54) is 0 Å². The molecule has 6 heteroatoms. The highest BCUT2D eigenvalue weighted by Crippen LogP contribution is 2.36. The van der Waals surface area contributed by atoms with Gasteiger partial charge in [0.15, 0.2) is 11.5 Å². The number of carbonyl (C=O) groups excluding carboxylic acids is 1. The van der Waals surface area contributed by atoms with Crippen LogP contribution in [0.25, 0.3) is 0 Å². The first-order chi connectivity index (χ1) is 11.8. The molecular weight excluding hydrogens is 322 g/mol. The highest BCUT2D eigenvalue weighted by Gasteiger charge is 2.39. The van der Waals surface area contributed by atoms with Crippen LogP contribution in [-0.2, 0) is 15.0 Å². The van der Waals surface area contributed by atoms with E-state index in [1.807, 2.05) is 39.0 Å². The van der Waals surface area contributed by atoms with Crippen molar-refractivity contribution in [3.05, 3.63) is 23.8 Å². The molecule has 2 heterocycles. The molecule has 25 heavy (non-hydrogen) atoms. The van der Waals surface area contributed by atoms with Crippen LogP contribution in [0.2, 0.25) is 0 Å². The maximum Gasteiger partial charge on any atom is 0.306 e. The second-order valence-electron chi connectivity index (χ2n) is 7.45. The third-order valence-corrected chi connectivity index (χ3v) is 5.31. The highest BCUT2D eigenvalue weighted by molar-refractivity contribution is 5.88. The Hall–Kier alpha value is -2.24. The van der Waals surface area contributed by atoms with Crippen LogP contribution in [0.15, 0.2) is 18.2 Å². The molecule has 1 saturated heterocycles. The minimum Gasteiger partial charge on any atom is -0.486 e. The number of benzene rings is 1. The summed E-state index contributed by atoms with van der Waals surface area (Å²) in [6.07, 6.45) is 0.499. The first-order valence-electron chi connectivity index (χ1n) is 8.73. The number of rotatable bonds is 3. The number of hydrogen-bond donors (Lipinski definition) is 1. The van der Waals surface area contributed by atoms with E-state index in [-0.39, 0.29) is 17.7 Å². The number of carboxylic acid groups (broad SMARTS) is 1. The molecule has 0 saturated carbocycles. The summed E-state index contributed by atoms with van der Waals surface area (Å²) in [7, 11) is 0. The second kappa shape index (κ2) is 6.58. The summed E-state index contributed by atoms with van der Waals surface area (Å²) in [5.74, 6) is 0.190. The molecule has 136 valence electrons. The summed E-state index contributed by atoms with van der Waals surface area (Å²) in [6, 6.07) is 5.62. The lowest BCUT2D eigenvalue weighted by Gasteiger charge is -2.39. The second-order valence-corrected chi connectivity index (χ2v) is 7.45. The van der Waals surface area contributed by atoms with Crippen molar-refractivity contribution in [2.24, 2.45) is 11.8 Å². The van der Waals surface area contributed by atoms with Gasteiger partial charge in [0, 0.05) is 13.1 Å². The number of ether oxygens (including phenoxy) is 2. The molecule has 2 atom stereocenters. The maximum absolute atomic E-state index is 13.1. The zero-order chi connectivity index (χ0) is 18.2. The molecule has 2 aliphatic heterocycles. The number of fused-ring (bicyclic) bond motifs is 1. The van der Waals surface area contributed by atoms with Gasteiger partial charge in [-0.1, -0.05) is 13.0 Å². The van der Waals surface area contributed by atoms with E-state index < -0.39 is 11.4 Å². The maximum atomic E-state index is 13.1. The Morgan fingerprint density at radius 3 is 2.52 bits per heavy atom. The smallest absolute Gasteiger partial charge is 0.306 e. The van der Waals surface area contributed by atoms with Crippen molar-refractivity contribution in [2.75, 3.05) is 26.3 Å². The summed E-state index contributed by atoms with van der Waals surface area (Å²) in [5, 5.41) is 9.25. The van der Waals surface area contributed by atoms with Crippen LogP contribution < -0.4 is 9.47 Å². The fourth-order valence-electron chi connectivity index (χ4n) is 3.65. The SMILES string of the molecule is CC1CN(C(=O)C(C)(C)c2ccc3c(c2)OCCO3)CCC1C(=O)O.